The number of carboxylic acids is 1. The Kier molecular flexibility index (Phi) is 1.69. The van der Waals surface area contributed by atoms with Gasteiger partial charge >= 0.3 is 5.97 Å². The van der Waals surface area contributed by atoms with Crippen LogP contribution in [0.3, 0.4) is 0 Å². The number of rotatable bonds is 1. The Balaban J connectivity index is 2.44. The number of aliphatic carboxylic acids is 1. The fourth-order valence-electron chi connectivity index (χ4n) is 1.53. The van der Waals surface area contributed by atoms with Gasteiger partial charge in [0.1, 0.15) is 11.7 Å². The zero-order valence-electron chi connectivity index (χ0n) is 6.75. The van der Waals surface area contributed by atoms with Crippen LogP contribution in [0.1, 0.15) is 11.5 Å². The van der Waals surface area contributed by atoms with E-state index in [1.165, 1.54) is 18.2 Å². The predicted octanol–water partition coefficient (Wildman–Crippen LogP) is 1.42. The molecule has 2 rings (SSSR count). The van der Waals surface area contributed by atoms with Crippen LogP contribution in [-0.2, 0) is 4.79 Å². The molecular weight excluding hydrogens is 173 g/mol. The Morgan fingerprint density at radius 2 is 2.38 bits per heavy atom. The molecule has 0 bridgehead atoms. The molecule has 0 amide bonds. The maximum Gasteiger partial charge on any atom is 0.312 e. The molecule has 0 saturated carbocycles. The molecule has 1 aromatic rings. The van der Waals surface area contributed by atoms with E-state index in [1.807, 2.05) is 0 Å². The third kappa shape index (κ3) is 1.24. The third-order valence-corrected chi connectivity index (χ3v) is 2.19. The number of hydrogen-bond acceptors (Lipinski definition) is 2. The summed E-state index contributed by atoms with van der Waals surface area (Å²) in [7, 11) is 0. The molecule has 2 N–H and O–H groups in total. The van der Waals surface area contributed by atoms with E-state index in [2.05, 4.69) is 5.32 Å². The van der Waals surface area contributed by atoms with Gasteiger partial charge in [0, 0.05) is 12.2 Å². The van der Waals surface area contributed by atoms with Gasteiger partial charge in [0.15, 0.2) is 0 Å². The number of anilines is 1. The number of hydrogen-bond donors (Lipinski definition) is 2. The highest BCUT2D eigenvalue weighted by Crippen LogP contribution is 2.31. The van der Waals surface area contributed by atoms with Crippen LogP contribution in [0.2, 0.25) is 0 Å². The fourth-order valence-corrected chi connectivity index (χ4v) is 1.53. The van der Waals surface area contributed by atoms with Crippen molar-refractivity contribution < 1.29 is 14.3 Å². The number of halogens is 1. The Labute approximate surface area is 74.2 Å². The minimum absolute atomic E-state index is 0.341. The molecule has 13 heavy (non-hydrogen) atoms. The molecule has 1 aromatic carbocycles. The molecule has 1 atom stereocenters. The van der Waals surface area contributed by atoms with E-state index in [0.29, 0.717) is 17.8 Å². The summed E-state index contributed by atoms with van der Waals surface area (Å²) < 4.78 is 12.7. The van der Waals surface area contributed by atoms with Crippen LogP contribution in [0.25, 0.3) is 0 Å². The lowest BCUT2D eigenvalue weighted by atomic mass is 10.0. The van der Waals surface area contributed by atoms with Gasteiger partial charge in [-0.25, -0.2) is 4.39 Å². The summed E-state index contributed by atoms with van der Waals surface area (Å²) in [5.41, 5.74) is 1.25. The van der Waals surface area contributed by atoms with E-state index in [4.69, 9.17) is 5.11 Å². The first-order valence-electron chi connectivity index (χ1n) is 3.94. The second-order valence-corrected chi connectivity index (χ2v) is 3.00. The summed E-state index contributed by atoms with van der Waals surface area (Å²) in [5.74, 6) is -1.77. The van der Waals surface area contributed by atoms with Gasteiger partial charge in [-0.05, 0) is 17.7 Å². The third-order valence-electron chi connectivity index (χ3n) is 2.19. The van der Waals surface area contributed by atoms with Gasteiger partial charge in [-0.2, -0.15) is 0 Å². The molecule has 0 saturated heterocycles. The average Bonchev–Trinajstić information content (AvgIpc) is 2.46. The van der Waals surface area contributed by atoms with E-state index in [-0.39, 0.29) is 5.82 Å². The van der Waals surface area contributed by atoms with Gasteiger partial charge in [0.25, 0.3) is 0 Å². The van der Waals surface area contributed by atoms with Gasteiger partial charge in [0.05, 0.1) is 0 Å². The van der Waals surface area contributed by atoms with Crippen molar-refractivity contribution in [1.29, 1.82) is 0 Å². The molecule has 0 fully saturated rings. The van der Waals surface area contributed by atoms with Gasteiger partial charge in [0.2, 0.25) is 0 Å². The Morgan fingerprint density at radius 3 is 3.08 bits per heavy atom. The number of carboxylic acid groups (broad SMARTS) is 1. The maximum atomic E-state index is 12.7. The molecule has 0 aliphatic carbocycles. The predicted molar refractivity (Wildman–Crippen MR) is 45.3 cm³/mol. The van der Waals surface area contributed by atoms with E-state index >= 15 is 0 Å². The van der Waals surface area contributed by atoms with Crippen LogP contribution in [0.15, 0.2) is 18.2 Å². The van der Waals surface area contributed by atoms with Crippen LogP contribution >= 0.6 is 0 Å². The highest BCUT2D eigenvalue weighted by molar-refractivity contribution is 5.82. The van der Waals surface area contributed by atoms with Crippen LogP contribution in [0.4, 0.5) is 10.1 Å². The summed E-state index contributed by atoms with van der Waals surface area (Å²) in [6, 6.07) is 4.11. The molecular formula is C9H8FNO2. The normalized spacial score (nSPS) is 19.3. The Hall–Kier alpha value is -1.58. The molecule has 68 valence electrons. The fraction of sp³-hybridized carbons (Fsp3) is 0.222. The van der Waals surface area contributed by atoms with Crippen molar-refractivity contribution in [3.8, 4) is 0 Å². The Bertz CT molecular complexity index is 365. The number of nitrogens with one attached hydrogen (secondary N) is 1. The van der Waals surface area contributed by atoms with Crippen LogP contribution in [-0.4, -0.2) is 17.6 Å². The van der Waals surface area contributed by atoms with Crippen molar-refractivity contribution in [3.63, 3.8) is 0 Å². The van der Waals surface area contributed by atoms with Crippen molar-refractivity contribution in [2.24, 2.45) is 0 Å². The second kappa shape index (κ2) is 2.73. The minimum atomic E-state index is -0.877. The first-order chi connectivity index (χ1) is 6.18. The van der Waals surface area contributed by atoms with E-state index in [1.54, 1.807) is 0 Å². The molecule has 4 heteroatoms. The monoisotopic (exact) mass is 181 g/mol. The quantitative estimate of drug-likeness (QED) is 0.688. The van der Waals surface area contributed by atoms with Gasteiger partial charge in [-0.15, -0.1) is 0 Å². The topological polar surface area (TPSA) is 49.3 Å². The minimum Gasteiger partial charge on any atom is -0.481 e. The smallest absolute Gasteiger partial charge is 0.312 e. The molecule has 1 heterocycles. The summed E-state index contributed by atoms with van der Waals surface area (Å²) in [4.78, 5) is 10.7. The summed E-state index contributed by atoms with van der Waals surface area (Å²) >= 11 is 0. The summed E-state index contributed by atoms with van der Waals surface area (Å²) in [6.07, 6.45) is 0. The molecule has 1 aliphatic heterocycles. The van der Waals surface area contributed by atoms with Crippen molar-refractivity contribution >= 4 is 11.7 Å². The highest BCUT2D eigenvalue weighted by atomic mass is 19.1. The van der Waals surface area contributed by atoms with Crippen molar-refractivity contribution in [3.05, 3.63) is 29.6 Å². The second-order valence-electron chi connectivity index (χ2n) is 3.00. The van der Waals surface area contributed by atoms with Crippen LogP contribution in [0.5, 0.6) is 0 Å². The number of benzene rings is 1. The summed E-state index contributed by atoms with van der Waals surface area (Å²) in [6.45, 7) is 0.341. The van der Waals surface area contributed by atoms with E-state index in [9.17, 15) is 9.18 Å². The largest absolute Gasteiger partial charge is 0.481 e. The first-order valence-corrected chi connectivity index (χ1v) is 3.94. The van der Waals surface area contributed by atoms with Gasteiger partial charge in [-0.1, -0.05) is 6.07 Å². The van der Waals surface area contributed by atoms with Crippen molar-refractivity contribution in [1.82, 2.24) is 0 Å². The molecule has 1 unspecified atom stereocenters. The Morgan fingerprint density at radius 1 is 1.62 bits per heavy atom. The van der Waals surface area contributed by atoms with E-state index in [0.717, 1.165) is 0 Å². The molecule has 1 aliphatic rings. The lowest BCUT2D eigenvalue weighted by Gasteiger charge is -2.02. The lowest BCUT2D eigenvalue weighted by Crippen LogP contribution is -2.12. The van der Waals surface area contributed by atoms with Crippen LogP contribution < -0.4 is 5.32 Å². The molecule has 0 radical (unpaired) electrons. The SMILES string of the molecule is O=C(O)C1CNc2cc(F)ccc21. The maximum absolute atomic E-state index is 12.7. The zero-order valence-corrected chi connectivity index (χ0v) is 6.75. The average molecular weight is 181 g/mol. The van der Waals surface area contributed by atoms with E-state index < -0.39 is 11.9 Å². The lowest BCUT2D eigenvalue weighted by molar-refractivity contribution is -0.138. The number of fused-ring (bicyclic) bond motifs is 1. The zero-order chi connectivity index (χ0) is 9.42. The first kappa shape index (κ1) is 8.04. The summed E-state index contributed by atoms with van der Waals surface area (Å²) in [5, 5.41) is 11.6. The highest BCUT2D eigenvalue weighted by Gasteiger charge is 2.28. The van der Waals surface area contributed by atoms with Crippen molar-refractivity contribution in [2.45, 2.75) is 5.92 Å². The number of carbonyl (C=O) groups is 1. The van der Waals surface area contributed by atoms with Gasteiger partial charge < -0.3 is 10.4 Å². The standard InChI is InChI=1S/C9H8FNO2/c10-5-1-2-6-7(9(12)13)4-11-8(6)3-5/h1-3,7,11H,4H2,(H,12,13). The van der Waals surface area contributed by atoms with Crippen LogP contribution in [0, 0.1) is 5.82 Å². The molecule has 0 spiro atoms. The van der Waals surface area contributed by atoms with Gasteiger partial charge in [-0.3, -0.25) is 4.79 Å². The van der Waals surface area contributed by atoms with Crippen molar-refractivity contribution in [2.75, 3.05) is 11.9 Å². The molecule has 3 nitrogen and oxygen atoms in total. The molecule has 0 aromatic heterocycles.